The van der Waals surface area contributed by atoms with Gasteiger partial charge in [-0.25, -0.2) is 0 Å². The van der Waals surface area contributed by atoms with Crippen LogP contribution in [0.3, 0.4) is 0 Å². The van der Waals surface area contributed by atoms with Crippen LogP contribution in [-0.4, -0.2) is 18.5 Å². The molecule has 0 bridgehead atoms. The zero-order chi connectivity index (χ0) is 14.4. The quantitative estimate of drug-likeness (QED) is 0.875. The van der Waals surface area contributed by atoms with E-state index in [2.05, 4.69) is 67.1 Å². The van der Waals surface area contributed by atoms with E-state index in [1.807, 2.05) is 0 Å². The van der Waals surface area contributed by atoms with Crippen LogP contribution in [0.25, 0.3) is 0 Å². The van der Waals surface area contributed by atoms with E-state index in [1.165, 1.54) is 16.0 Å². The Morgan fingerprint density at radius 1 is 1.10 bits per heavy atom. The molecule has 2 N–H and O–H groups in total. The predicted molar refractivity (Wildman–Crippen MR) is 86.6 cm³/mol. The zero-order valence-corrected chi connectivity index (χ0v) is 12.8. The van der Waals surface area contributed by atoms with E-state index in [0.29, 0.717) is 6.54 Å². The van der Waals surface area contributed by atoms with Crippen LogP contribution in [0.1, 0.15) is 20.9 Å². The maximum absolute atomic E-state index is 5.38. The lowest BCUT2D eigenvalue weighted by Crippen LogP contribution is -2.16. The SMILES string of the molecule is Cc1ccc(CN(C)Cc2ccc(C#CCN)s2)cc1. The van der Waals surface area contributed by atoms with Crippen molar-refractivity contribution in [2.75, 3.05) is 13.6 Å². The van der Waals surface area contributed by atoms with E-state index in [4.69, 9.17) is 5.73 Å². The molecule has 0 aliphatic carbocycles. The highest BCUT2D eigenvalue weighted by atomic mass is 32.1. The van der Waals surface area contributed by atoms with Gasteiger partial charge in [-0.05, 0) is 31.7 Å². The molecule has 0 saturated heterocycles. The average molecular weight is 284 g/mol. The zero-order valence-electron chi connectivity index (χ0n) is 12.0. The Kier molecular flexibility index (Phi) is 5.37. The highest BCUT2D eigenvalue weighted by Gasteiger charge is 2.04. The highest BCUT2D eigenvalue weighted by molar-refractivity contribution is 7.12. The normalized spacial score (nSPS) is 10.4. The van der Waals surface area contributed by atoms with Crippen LogP contribution in [0.15, 0.2) is 36.4 Å². The van der Waals surface area contributed by atoms with Gasteiger partial charge in [0.25, 0.3) is 0 Å². The van der Waals surface area contributed by atoms with Crippen molar-refractivity contribution in [1.82, 2.24) is 4.90 Å². The van der Waals surface area contributed by atoms with Crippen molar-refractivity contribution in [3.8, 4) is 11.8 Å². The van der Waals surface area contributed by atoms with Crippen molar-refractivity contribution < 1.29 is 0 Å². The summed E-state index contributed by atoms with van der Waals surface area (Å²) in [5, 5.41) is 0. The molecule has 0 amide bonds. The summed E-state index contributed by atoms with van der Waals surface area (Å²) >= 11 is 1.74. The fourth-order valence-corrected chi connectivity index (χ4v) is 2.96. The van der Waals surface area contributed by atoms with Crippen molar-refractivity contribution >= 4 is 11.3 Å². The van der Waals surface area contributed by atoms with E-state index >= 15 is 0 Å². The third-order valence-corrected chi connectivity index (χ3v) is 3.96. The van der Waals surface area contributed by atoms with Crippen LogP contribution in [0.4, 0.5) is 0 Å². The smallest absolute Gasteiger partial charge is 0.0772 e. The minimum atomic E-state index is 0.417. The van der Waals surface area contributed by atoms with Gasteiger partial charge in [-0.1, -0.05) is 41.7 Å². The van der Waals surface area contributed by atoms with Crippen molar-refractivity contribution in [3.63, 3.8) is 0 Å². The molecule has 1 aromatic carbocycles. The number of hydrogen-bond donors (Lipinski definition) is 1. The van der Waals surface area contributed by atoms with Crippen molar-refractivity contribution in [3.05, 3.63) is 57.3 Å². The first kappa shape index (κ1) is 14.8. The lowest BCUT2D eigenvalue weighted by atomic mass is 10.1. The third kappa shape index (κ3) is 4.50. The van der Waals surface area contributed by atoms with Gasteiger partial charge in [0, 0.05) is 18.0 Å². The van der Waals surface area contributed by atoms with E-state index < -0.39 is 0 Å². The standard InChI is InChI=1S/C17H20N2S/c1-14-5-7-15(8-6-14)12-19(2)13-17-10-9-16(20-17)4-3-11-18/h5-10H,11-13,18H2,1-2H3. The molecule has 104 valence electrons. The number of benzene rings is 1. The monoisotopic (exact) mass is 284 g/mol. The van der Waals surface area contributed by atoms with Gasteiger partial charge >= 0.3 is 0 Å². The molecule has 1 aromatic heterocycles. The predicted octanol–water partition coefficient (Wildman–Crippen LogP) is 3.00. The minimum absolute atomic E-state index is 0.417. The molecule has 0 radical (unpaired) electrons. The summed E-state index contributed by atoms with van der Waals surface area (Å²) in [5.41, 5.74) is 8.03. The second kappa shape index (κ2) is 7.25. The summed E-state index contributed by atoms with van der Waals surface area (Å²) in [6, 6.07) is 12.9. The fraction of sp³-hybridized carbons (Fsp3) is 0.294. The summed E-state index contributed by atoms with van der Waals surface area (Å²) in [6.45, 7) is 4.44. The Morgan fingerprint density at radius 2 is 1.85 bits per heavy atom. The second-order valence-corrected chi connectivity index (χ2v) is 6.10. The number of hydrogen-bond acceptors (Lipinski definition) is 3. The Labute approximate surface area is 125 Å². The Bertz CT molecular complexity index is 602. The molecule has 0 spiro atoms. The Morgan fingerprint density at radius 3 is 2.55 bits per heavy atom. The summed E-state index contributed by atoms with van der Waals surface area (Å²) in [6.07, 6.45) is 0. The summed E-state index contributed by atoms with van der Waals surface area (Å²) in [7, 11) is 2.14. The summed E-state index contributed by atoms with van der Waals surface area (Å²) in [4.78, 5) is 4.74. The van der Waals surface area contributed by atoms with Gasteiger partial charge in [-0.15, -0.1) is 11.3 Å². The summed E-state index contributed by atoms with van der Waals surface area (Å²) < 4.78 is 0. The molecule has 20 heavy (non-hydrogen) atoms. The molecule has 0 fully saturated rings. The van der Waals surface area contributed by atoms with E-state index in [9.17, 15) is 0 Å². The van der Waals surface area contributed by atoms with E-state index in [0.717, 1.165) is 18.0 Å². The van der Waals surface area contributed by atoms with Crippen molar-refractivity contribution in [2.24, 2.45) is 5.73 Å². The minimum Gasteiger partial charge on any atom is -0.320 e. The van der Waals surface area contributed by atoms with Gasteiger partial charge in [0.1, 0.15) is 0 Å². The molecule has 1 heterocycles. The third-order valence-electron chi connectivity index (χ3n) is 2.97. The maximum atomic E-state index is 5.38. The van der Waals surface area contributed by atoms with Crippen LogP contribution in [0.5, 0.6) is 0 Å². The van der Waals surface area contributed by atoms with Crippen LogP contribution >= 0.6 is 11.3 Å². The molecule has 0 atom stereocenters. The molecule has 2 rings (SSSR count). The van der Waals surface area contributed by atoms with Crippen molar-refractivity contribution in [2.45, 2.75) is 20.0 Å². The molecule has 3 heteroatoms. The average Bonchev–Trinajstić information content (AvgIpc) is 2.86. The first-order valence-electron chi connectivity index (χ1n) is 6.69. The lowest BCUT2D eigenvalue weighted by Gasteiger charge is -2.15. The topological polar surface area (TPSA) is 29.3 Å². The molecular formula is C17H20N2S. The maximum Gasteiger partial charge on any atom is 0.0772 e. The van der Waals surface area contributed by atoms with Crippen LogP contribution in [0, 0.1) is 18.8 Å². The second-order valence-electron chi connectivity index (χ2n) is 4.93. The molecule has 2 nitrogen and oxygen atoms in total. The van der Waals surface area contributed by atoms with Gasteiger partial charge in [0.15, 0.2) is 0 Å². The van der Waals surface area contributed by atoms with Crippen LogP contribution in [0.2, 0.25) is 0 Å². The number of nitrogens with zero attached hydrogens (tertiary/aromatic N) is 1. The lowest BCUT2D eigenvalue weighted by molar-refractivity contribution is 0.322. The molecule has 0 aliphatic rings. The van der Waals surface area contributed by atoms with Gasteiger partial charge in [0.2, 0.25) is 0 Å². The largest absolute Gasteiger partial charge is 0.320 e. The number of rotatable bonds is 4. The first-order valence-corrected chi connectivity index (χ1v) is 7.51. The molecular weight excluding hydrogens is 264 g/mol. The molecule has 0 saturated carbocycles. The van der Waals surface area contributed by atoms with Gasteiger partial charge in [0.05, 0.1) is 11.4 Å². The Hall–Kier alpha value is -1.60. The van der Waals surface area contributed by atoms with E-state index in [-0.39, 0.29) is 0 Å². The number of nitrogens with two attached hydrogens (primary N) is 1. The number of thiophene rings is 1. The van der Waals surface area contributed by atoms with Gasteiger partial charge < -0.3 is 5.73 Å². The molecule has 0 aliphatic heterocycles. The fourth-order valence-electron chi connectivity index (χ4n) is 2.00. The van der Waals surface area contributed by atoms with Gasteiger partial charge in [-0.2, -0.15) is 0 Å². The van der Waals surface area contributed by atoms with Crippen LogP contribution < -0.4 is 5.73 Å². The Balaban J connectivity index is 1.92. The first-order chi connectivity index (χ1) is 9.67. The molecule has 2 aromatic rings. The van der Waals surface area contributed by atoms with Crippen molar-refractivity contribution in [1.29, 1.82) is 0 Å². The number of aryl methyl sites for hydroxylation is 1. The van der Waals surface area contributed by atoms with Crippen LogP contribution in [-0.2, 0) is 13.1 Å². The summed E-state index contributed by atoms with van der Waals surface area (Å²) in [5.74, 6) is 5.97. The highest BCUT2D eigenvalue weighted by Crippen LogP contribution is 2.18. The molecule has 0 unspecified atom stereocenters. The van der Waals surface area contributed by atoms with E-state index in [1.54, 1.807) is 11.3 Å². The van der Waals surface area contributed by atoms with Gasteiger partial charge in [-0.3, -0.25) is 4.90 Å².